The van der Waals surface area contributed by atoms with Crippen LogP contribution in [-0.2, 0) is 6.54 Å². The van der Waals surface area contributed by atoms with Crippen molar-refractivity contribution >= 4 is 27.3 Å². The monoisotopic (exact) mass is 352 g/mol. The molecular formula is C16H21BrN2S. The number of nitrogens with zero attached hydrogens (tertiary/aromatic N) is 1. The van der Waals surface area contributed by atoms with Crippen molar-refractivity contribution in [2.75, 3.05) is 6.54 Å². The minimum Gasteiger partial charge on any atom is -0.312 e. The van der Waals surface area contributed by atoms with Gasteiger partial charge in [0.15, 0.2) is 0 Å². The van der Waals surface area contributed by atoms with Gasteiger partial charge in [-0.15, -0.1) is 11.3 Å². The summed E-state index contributed by atoms with van der Waals surface area (Å²) in [7, 11) is 0. The zero-order valence-electron chi connectivity index (χ0n) is 12.2. The maximum Gasteiger partial charge on any atom is 0.125 e. The minimum atomic E-state index is 0.459. The molecule has 20 heavy (non-hydrogen) atoms. The second-order valence-corrected chi connectivity index (χ2v) is 7.08. The first-order chi connectivity index (χ1) is 9.63. The van der Waals surface area contributed by atoms with E-state index in [1.165, 1.54) is 16.1 Å². The van der Waals surface area contributed by atoms with Gasteiger partial charge in [-0.25, -0.2) is 4.98 Å². The molecule has 2 nitrogen and oxygen atoms in total. The average Bonchev–Trinajstić information content (AvgIpc) is 2.84. The zero-order valence-corrected chi connectivity index (χ0v) is 14.6. The molecule has 0 aliphatic carbocycles. The van der Waals surface area contributed by atoms with Crippen molar-refractivity contribution in [2.45, 2.75) is 39.7 Å². The number of nitrogens with one attached hydrogen (secondary N) is 1. The largest absolute Gasteiger partial charge is 0.312 e. The van der Waals surface area contributed by atoms with Crippen molar-refractivity contribution in [2.24, 2.45) is 0 Å². The third-order valence-electron chi connectivity index (χ3n) is 3.09. The van der Waals surface area contributed by atoms with Gasteiger partial charge in [0.1, 0.15) is 5.01 Å². The van der Waals surface area contributed by atoms with Gasteiger partial charge in [-0.05, 0) is 24.9 Å². The molecule has 0 aliphatic heterocycles. The van der Waals surface area contributed by atoms with Crippen LogP contribution in [0.15, 0.2) is 28.7 Å². The highest BCUT2D eigenvalue weighted by Gasteiger charge is 2.16. The summed E-state index contributed by atoms with van der Waals surface area (Å²) in [5.74, 6) is 0.459. The van der Waals surface area contributed by atoms with Crippen molar-refractivity contribution in [3.63, 3.8) is 0 Å². The highest BCUT2D eigenvalue weighted by molar-refractivity contribution is 9.10. The van der Waals surface area contributed by atoms with Crippen LogP contribution in [0.5, 0.6) is 0 Å². The standard InChI is InChI=1S/C16H21BrN2S/c1-4-9-18-10-14-15(11(2)3)19-16(20-14)12-7-5-6-8-13(12)17/h5-8,11,18H,4,9-10H2,1-3H3. The maximum atomic E-state index is 4.87. The summed E-state index contributed by atoms with van der Waals surface area (Å²) < 4.78 is 1.11. The predicted molar refractivity (Wildman–Crippen MR) is 91.3 cm³/mol. The smallest absolute Gasteiger partial charge is 0.125 e. The number of rotatable bonds is 6. The molecule has 0 unspecified atom stereocenters. The van der Waals surface area contributed by atoms with E-state index in [1.807, 2.05) is 6.07 Å². The van der Waals surface area contributed by atoms with Gasteiger partial charge >= 0.3 is 0 Å². The van der Waals surface area contributed by atoms with Gasteiger partial charge in [0.25, 0.3) is 0 Å². The first-order valence-electron chi connectivity index (χ1n) is 7.08. The third kappa shape index (κ3) is 3.68. The molecule has 0 fully saturated rings. The summed E-state index contributed by atoms with van der Waals surface area (Å²) in [6.45, 7) is 8.59. The average molecular weight is 353 g/mol. The molecule has 0 radical (unpaired) electrons. The summed E-state index contributed by atoms with van der Waals surface area (Å²) in [5.41, 5.74) is 2.41. The maximum absolute atomic E-state index is 4.87. The van der Waals surface area contributed by atoms with E-state index >= 15 is 0 Å². The van der Waals surface area contributed by atoms with Gasteiger partial charge in [0.05, 0.1) is 5.69 Å². The Labute approximate surface area is 133 Å². The van der Waals surface area contributed by atoms with Crippen molar-refractivity contribution in [1.29, 1.82) is 0 Å². The van der Waals surface area contributed by atoms with E-state index in [1.54, 1.807) is 11.3 Å². The minimum absolute atomic E-state index is 0.459. The molecule has 1 heterocycles. The van der Waals surface area contributed by atoms with E-state index < -0.39 is 0 Å². The normalized spacial score (nSPS) is 11.2. The lowest BCUT2D eigenvalue weighted by molar-refractivity contribution is 0.670. The van der Waals surface area contributed by atoms with Crippen molar-refractivity contribution in [3.8, 4) is 10.6 Å². The lowest BCUT2D eigenvalue weighted by atomic mass is 10.1. The van der Waals surface area contributed by atoms with E-state index in [0.717, 1.165) is 29.0 Å². The molecule has 0 amide bonds. The van der Waals surface area contributed by atoms with Gasteiger partial charge < -0.3 is 5.32 Å². The number of benzene rings is 1. The van der Waals surface area contributed by atoms with E-state index in [-0.39, 0.29) is 0 Å². The Hall–Kier alpha value is -0.710. The van der Waals surface area contributed by atoms with Gasteiger partial charge in [-0.3, -0.25) is 0 Å². The lowest BCUT2D eigenvalue weighted by Crippen LogP contribution is -2.14. The van der Waals surface area contributed by atoms with Crippen molar-refractivity contribution in [3.05, 3.63) is 39.3 Å². The summed E-state index contributed by atoms with van der Waals surface area (Å²) in [6.07, 6.45) is 1.16. The number of hydrogen-bond acceptors (Lipinski definition) is 3. The van der Waals surface area contributed by atoms with Crippen molar-refractivity contribution < 1.29 is 0 Å². The van der Waals surface area contributed by atoms with Gasteiger partial charge in [0, 0.05) is 21.5 Å². The molecule has 0 saturated heterocycles. The van der Waals surface area contributed by atoms with Crippen LogP contribution in [-0.4, -0.2) is 11.5 Å². The topological polar surface area (TPSA) is 24.9 Å². The Balaban J connectivity index is 2.31. The predicted octanol–water partition coefficient (Wildman–Crippen LogP) is 5.20. The van der Waals surface area contributed by atoms with E-state index in [9.17, 15) is 0 Å². The Morgan fingerprint density at radius 3 is 2.70 bits per heavy atom. The Bertz CT molecular complexity index is 563. The highest BCUT2D eigenvalue weighted by atomic mass is 79.9. The summed E-state index contributed by atoms with van der Waals surface area (Å²) in [4.78, 5) is 6.23. The summed E-state index contributed by atoms with van der Waals surface area (Å²) in [5, 5.41) is 4.59. The first-order valence-corrected chi connectivity index (χ1v) is 8.69. The number of halogens is 1. The molecule has 0 spiro atoms. The summed E-state index contributed by atoms with van der Waals surface area (Å²) >= 11 is 5.42. The quantitative estimate of drug-likeness (QED) is 0.723. The van der Waals surface area contributed by atoms with Crippen LogP contribution in [0.4, 0.5) is 0 Å². The number of thiazole rings is 1. The van der Waals surface area contributed by atoms with Crippen LogP contribution >= 0.6 is 27.3 Å². The number of hydrogen-bond donors (Lipinski definition) is 1. The van der Waals surface area contributed by atoms with Crippen LogP contribution < -0.4 is 5.32 Å². The number of aromatic nitrogens is 1. The van der Waals surface area contributed by atoms with Crippen LogP contribution in [0.3, 0.4) is 0 Å². The fourth-order valence-corrected chi connectivity index (χ4v) is 3.90. The highest BCUT2D eigenvalue weighted by Crippen LogP contribution is 2.35. The molecule has 108 valence electrons. The zero-order chi connectivity index (χ0) is 14.5. The van der Waals surface area contributed by atoms with Gasteiger partial charge in [-0.2, -0.15) is 0 Å². The van der Waals surface area contributed by atoms with Gasteiger partial charge in [-0.1, -0.05) is 54.9 Å². The molecule has 1 N–H and O–H groups in total. The second kappa shape index (κ2) is 7.34. The molecular weight excluding hydrogens is 332 g/mol. The molecule has 1 aromatic heterocycles. The molecule has 0 aliphatic rings. The lowest BCUT2D eigenvalue weighted by Gasteiger charge is -2.05. The molecule has 2 rings (SSSR count). The van der Waals surface area contributed by atoms with Crippen LogP contribution in [0, 0.1) is 0 Å². The Morgan fingerprint density at radius 1 is 1.30 bits per heavy atom. The third-order valence-corrected chi connectivity index (χ3v) is 4.89. The molecule has 0 saturated carbocycles. The van der Waals surface area contributed by atoms with E-state index in [0.29, 0.717) is 5.92 Å². The van der Waals surface area contributed by atoms with E-state index in [4.69, 9.17) is 4.98 Å². The van der Waals surface area contributed by atoms with Crippen molar-refractivity contribution in [1.82, 2.24) is 10.3 Å². The Morgan fingerprint density at radius 2 is 2.05 bits per heavy atom. The van der Waals surface area contributed by atoms with Crippen LogP contribution in [0.25, 0.3) is 10.6 Å². The van der Waals surface area contributed by atoms with E-state index in [2.05, 4.69) is 60.2 Å². The SMILES string of the molecule is CCCNCc1sc(-c2ccccc2Br)nc1C(C)C. The van der Waals surface area contributed by atoms with Crippen LogP contribution in [0.2, 0.25) is 0 Å². The Kier molecular flexibility index (Phi) is 5.75. The molecule has 0 atom stereocenters. The fraction of sp³-hybridized carbons (Fsp3) is 0.438. The molecule has 1 aromatic carbocycles. The second-order valence-electron chi connectivity index (χ2n) is 5.14. The summed E-state index contributed by atoms with van der Waals surface area (Å²) in [6, 6.07) is 8.29. The molecule has 2 aromatic rings. The van der Waals surface area contributed by atoms with Crippen LogP contribution in [0.1, 0.15) is 43.7 Å². The van der Waals surface area contributed by atoms with Gasteiger partial charge in [0.2, 0.25) is 0 Å². The molecule has 4 heteroatoms. The molecule has 0 bridgehead atoms. The fourth-order valence-electron chi connectivity index (χ4n) is 2.07. The first kappa shape index (κ1) is 15.7.